The Morgan fingerprint density at radius 3 is 2.52 bits per heavy atom. The smallest absolute Gasteiger partial charge is 0.347 e. The van der Waals surface area contributed by atoms with E-state index in [1.807, 2.05) is 0 Å². The number of anilines is 1. The van der Waals surface area contributed by atoms with Crippen LogP contribution >= 0.6 is 11.6 Å². The quantitative estimate of drug-likeness (QED) is 0.648. The van der Waals surface area contributed by atoms with Crippen molar-refractivity contribution >= 4 is 29.2 Å². The van der Waals surface area contributed by atoms with Gasteiger partial charge < -0.3 is 24.6 Å². The van der Waals surface area contributed by atoms with Crippen molar-refractivity contribution in [3.63, 3.8) is 0 Å². The van der Waals surface area contributed by atoms with E-state index in [4.69, 9.17) is 21.1 Å². The monoisotopic (exact) mass is 313 g/mol. The van der Waals surface area contributed by atoms with E-state index in [1.54, 1.807) is 0 Å². The van der Waals surface area contributed by atoms with Gasteiger partial charge in [0.1, 0.15) is 18.1 Å². The molecule has 0 unspecified atom stereocenters. The molecule has 0 atom stereocenters. The maximum absolute atomic E-state index is 12.0. The number of carbonyl (C=O) groups is 2. The summed E-state index contributed by atoms with van der Waals surface area (Å²) in [5.74, 6) is -1.46. The van der Waals surface area contributed by atoms with Crippen molar-refractivity contribution in [2.45, 2.75) is 0 Å². The highest BCUT2D eigenvalue weighted by molar-refractivity contribution is 6.32. The van der Waals surface area contributed by atoms with E-state index in [-0.39, 0.29) is 23.1 Å². The third-order valence-electron chi connectivity index (χ3n) is 2.78. The summed E-state index contributed by atoms with van der Waals surface area (Å²) in [7, 11) is 2.84. The van der Waals surface area contributed by atoms with E-state index in [9.17, 15) is 14.7 Å². The molecule has 2 rings (SSSR count). The van der Waals surface area contributed by atoms with Crippen LogP contribution < -0.4 is 14.8 Å². The van der Waals surface area contributed by atoms with Gasteiger partial charge in [-0.1, -0.05) is 11.6 Å². The highest BCUT2D eigenvalue weighted by atomic mass is 35.5. The maximum atomic E-state index is 12.0. The molecule has 0 spiro atoms. The van der Waals surface area contributed by atoms with E-state index in [2.05, 4.69) is 10.1 Å². The van der Waals surface area contributed by atoms with Gasteiger partial charge in [-0.05, 0) is 6.07 Å². The van der Waals surface area contributed by atoms with Crippen LogP contribution in [0, 0.1) is 0 Å². The molecule has 0 saturated heterocycles. The van der Waals surface area contributed by atoms with Crippen molar-refractivity contribution in [3.8, 4) is 11.5 Å². The van der Waals surface area contributed by atoms with Gasteiger partial charge in [0, 0.05) is 6.07 Å². The Morgan fingerprint density at radius 1 is 1.33 bits per heavy atom. The third-order valence-corrected chi connectivity index (χ3v) is 3.08. The van der Waals surface area contributed by atoms with Crippen LogP contribution in [0.15, 0.2) is 23.5 Å². The van der Waals surface area contributed by atoms with Crippen LogP contribution in [0.5, 0.6) is 11.5 Å². The first-order valence-corrected chi connectivity index (χ1v) is 6.17. The predicted octanol–water partition coefficient (Wildman–Crippen LogP) is 1.66. The van der Waals surface area contributed by atoms with Crippen molar-refractivity contribution in [3.05, 3.63) is 28.5 Å². The van der Waals surface area contributed by atoms with Gasteiger partial charge in [-0.15, -0.1) is 0 Å². The lowest BCUT2D eigenvalue weighted by Crippen LogP contribution is -2.20. The minimum absolute atomic E-state index is 0.230. The van der Waals surface area contributed by atoms with Gasteiger partial charge in [-0.2, -0.15) is 0 Å². The molecule has 21 heavy (non-hydrogen) atoms. The number of carbonyl (C=O) groups excluding carboxylic acids is 2. The van der Waals surface area contributed by atoms with Crippen molar-refractivity contribution < 1.29 is 28.9 Å². The molecule has 8 heteroatoms. The SMILES string of the molecule is COc1cc(OC)c(NC(=O)C2=C(O)COC2=O)cc1Cl. The van der Waals surface area contributed by atoms with Gasteiger partial charge in [0.05, 0.1) is 24.9 Å². The zero-order valence-electron chi connectivity index (χ0n) is 11.2. The molecule has 1 aliphatic rings. The molecule has 1 heterocycles. The van der Waals surface area contributed by atoms with Gasteiger partial charge in [0.2, 0.25) is 0 Å². The fourth-order valence-corrected chi connectivity index (χ4v) is 2.00. The number of amides is 1. The van der Waals surface area contributed by atoms with E-state index >= 15 is 0 Å². The average molecular weight is 314 g/mol. The summed E-state index contributed by atoms with van der Waals surface area (Å²) >= 11 is 5.97. The summed E-state index contributed by atoms with van der Waals surface area (Å²) < 4.78 is 14.7. The van der Waals surface area contributed by atoms with Crippen LogP contribution in [0.2, 0.25) is 5.02 Å². The van der Waals surface area contributed by atoms with Crippen molar-refractivity contribution in [1.29, 1.82) is 0 Å². The summed E-state index contributed by atoms with van der Waals surface area (Å²) in [5.41, 5.74) is -0.211. The summed E-state index contributed by atoms with van der Waals surface area (Å²) in [5, 5.41) is 12.2. The number of halogens is 1. The Bertz CT molecular complexity index is 640. The lowest BCUT2D eigenvalue weighted by atomic mass is 10.2. The molecule has 0 aromatic heterocycles. The molecule has 1 aromatic rings. The number of methoxy groups -OCH3 is 2. The van der Waals surface area contributed by atoms with E-state index in [1.165, 1.54) is 26.4 Å². The minimum Gasteiger partial charge on any atom is -0.508 e. The van der Waals surface area contributed by atoms with Crippen molar-refractivity contribution in [1.82, 2.24) is 0 Å². The summed E-state index contributed by atoms with van der Waals surface area (Å²) in [6, 6.07) is 2.90. The Balaban J connectivity index is 2.31. The van der Waals surface area contributed by atoms with Crippen LogP contribution in [-0.4, -0.2) is 37.8 Å². The zero-order valence-corrected chi connectivity index (χ0v) is 12.0. The second-order valence-corrected chi connectivity index (χ2v) is 4.45. The number of rotatable bonds is 4. The average Bonchev–Trinajstić information content (AvgIpc) is 2.78. The first kappa shape index (κ1) is 15.0. The van der Waals surface area contributed by atoms with Crippen LogP contribution in [0.1, 0.15) is 0 Å². The third kappa shape index (κ3) is 2.87. The highest BCUT2D eigenvalue weighted by Gasteiger charge is 2.31. The van der Waals surface area contributed by atoms with Gasteiger partial charge in [0.25, 0.3) is 5.91 Å². The molecule has 0 saturated carbocycles. The van der Waals surface area contributed by atoms with Crippen LogP contribution in [0.3, 0.4) is 0 Å². The molecule has 1 amide bonds. The number of esters is 1. The molecule has 112 valence electrons. The van der Waals surface area contributed by atoms with Gasteiger partial charge in [0.15, 0.2) is 11.3 Å². The molecule has 0 radical (unpaired) electrons. The molecule has 1 aromatic carbocycles. The number of ether oxygens (including phenoxy) is 3. The maximum Gasteiger partial charge on any atom is 0.347 e. The minimum atomic E-state index is -0.886. The first-order chi connectivity index (χ1) is 9.97. The van der Waals surface area contributed by atoms with E-state index in [0.717, 1.165) is 0 Å². The molecular formula is C13H12ClNO6. The second-order valence-electron chi connectivity index (χ2n) is 4.04. The molecular weight excluding hydrogens is 302 g/mol. The Kier molecular flexibility index (Phi) is 4.23. The van der Waals surface area contributed by atoms with Crippen LogP contribution in [0.4, 0.5) is 5.69 Å². The van der Waals surface area contributed by atoms with E-state index < -0.39 is 23.2 Å². The number of benzene rings is 1. The van der Waals surface area contributed by atoms with Gasteiger partial charge in [-0.25, -0.2) is 4.79 Å². The summed E-state index contributed by atoms with van der Waals surface area (Å²) in [4.78, 5) is 23.4. The number of cyclic esters (lactones) is 1. The normalized spacial score (nSPS) is 14.0. The fraction of sp³-hybridized carbons (Fsp3) is 0.231. The molecule has 7 nitrogen and oxygen atoms in total. The number of aliphatic hydroxyl groups is 1. The Morgan fingerprint density at radius 2 is 2.00 bits per heavy atom. The summed E-state index contributed by atoms with van der Waals surface area (Å²) in [6.07, 6.45) is 0. The van der Waals surface area contributed by atoms with Crippen molar-refractivity contribution in [2.75, 3.05) is 26.1 Å². The molecule has 2 N–H and O–H groups in total. The fourth-order valence-electron chi connectivity index (χ4n) is 1.76. The molecule has 0 aliphatic carbocycles. The topological polar surface area (TPSA) is 94.1 Å². The summed E-state index contributed by atoms with van der Waals surface area (Å²) in [6.45, 7) is -0.317. The molecule has 0 bridgehead atoms. The van der Waals surface area contributed by atoms with Crippen molar-refractivity contribution in [2.24, 2.45) is 0 Å². The zero-order chi connectivity index (χ0) is 15.6. The van der Waals surface area contributed by atoms with Gasteiger partial charge in [-0.3, -0.25) is 4.79 Å². The predicted molar refractivity (Wildman–Crippen MR) is 73.8 cm³/mol. The molecule has 1 aliphatic heterocycles. The number of nitrogens with one attached hydrogen (secondary N) is 1. The molecule has 0 fully saturated rings. The number of hydrogen-bond acceptors (Lipinski definition) is 6. The standard InChI is InChI=1S/C13H12ClNO6/c1-19-9-4-10(20-2)7(3-6(9)14)15-12(17)11-8(16)5-21-13(11)18/h3-4,16H,5H2,1-2H3,(H,15,17). The highest BCUT2D eigenvalue weighted by Crippen LogP contribution is 2.36. The largest absolute Gasteiger partial charge is 0.508 e. The van der Waals surface area contributed by atoms with Crippen LogP contribution in [-0.2, 0) is 14.3 Å². The Hall–Kier alpha value is -2.41. The van der Waals surface area contributed by atoms with E-state index in [0.29, 0.717) is 5.75 Å². The number of aliphatic hydroxyl groups excluding tert-OH is 1. The van der Waals surface area contributed by atoms with Gasteiger partial charge >= 0.3 is 5.97 Å². The second kappa shape index (κ2) is 5.92. The van der Waals surface area contributed by atoms with Crippen LogP contribution in [0.25, 0.3) is 0 Å². The lowest BCUT2D eigenvalue weighted by molar-refractivity contribution is -0.137. The lowest BCUT2D eigenvalue weighted by Gasteiger charge is -2.12. The number of hydrogen-bond donors (Lipinski definition) is 2. The first-order valence-electron chi connectivity index (χ1n) is 5.80. The Labute approximate surface area is 125 Å².